The van der Waals surface area contributed by atoms with Crippen molar-refractivity contribution in [3.63, 3.8) is 0 Å². The number of rotatable bonds is 4. The van der Waals surface area contributed by atoms with E-state index < -0.39 is 17.8 Å². The summed E-state index contributed by atoms with van der Waals surface area (Å²) >= 11 is 8.61. The first-order chi connectivity index (χ1) is 15.3. The molecule has 1 saturated heterocycles. The van der Waals surface area contributed by atoms with Crippen molar-refractivity contribution in [1.82, 2.24) is 5.32 Å². The highest BCUT2D eigenvalue weighted by Gasteiger charge is 2.35. The number of halogens is 1. The average molecular weight is 510 g/mol. The number of carboxylic acids is 1. The van der Waals surface area contributed by atoms with Gasteiger partial charge >= 0.3 is 0 Å². The molecule has 2 heterocycles. The van der Waals surface area contributed by atoms with Crippen LogP contribution in [0.15, 0.2) is 69.1 Å². The maximum atomic E-state index is 13.2. The molecule has 0 radical (unpaired) electrons. The summed E-state index contributed by atoms with van der Waals surface area (Å²) in [6.07, 6.45) is 1.30. The van der Waals surface area contributed by atoms with Gasteiger partial charge in [0.2, 0.25) is 0 Å². The SMILES string of the molecule is Cc1cc(Br)ccc1N1C(=O)/C(=C\c2ccc(-c3ccccc3C(=O)[O-])o2)C(=O)NC1=S. The van der Waals surface area contributed by atoms with Crippen molar-refractivity contribution < 1.29 is 23.9 Å². The van der Waals surface area contributed by atoms with Crippen LogP contribution in [0.5, 0.6) is 0 Å². The molecule has 3 aromatic rings. The van der Waals surface area contributed by atoms with Crippen molar-refractivity contribution in [1.29, 1.82) is 0 Å². The lowest BCUT2D eigenvalue weighted by atomic mass is 10.1. The highest BCUT2D eigenvalue weighted by molar-refractivity contribution is 9.10. The van der Waals surface area contributed by atoms with Gasteiger partial charge in [-0.25, -0.2) is 0 Å². The van der Waals surface area contributed by atoms with Gasteiger partial charge in [0, 0.05) is 15.6 Å². The second-order valence-corrected chi connectivity index (χ2v) is 8.23. The van der Waals surface area contributed by atoms with E-state index in [1.165, 1.54) is 23.1 Å². The second kappa shape index (κ2) is 8.52. The van der Waals surface area contributed by atoms with E-state index in [1.807, 2.05) is 13.0 Å². The molecule has 0 bridgehead atoms. The summed E-state index contributed by atoms with van der Waals surface area (Å²) < 4.78 is 6.55. The summed E-state index contributed by atoms with van der Waals surface area (Å²) in [5, 5.41) is 13.9. The van der Waals surface area contributed by atoms with Gasteiger partial charge in [-0.1, -0.05) is 40.2 Å². The number of nitrogens with zero attached hydrogens (tertiary/aromatic N) is 1. The van der Waals surface area contributed by atoms with Gasteiger partial charge < -0.3 is 14.3 Å². The number of nitrogens with one attached hydrogen (secondary N) is 1. The Morgan fingerprint density at radius 2 is 1.91 bits per heavy atom. The maximum absolute atomic E-state index is 13.2. The molecule has 4 rings (SSSR count). The number of hydrogen-bond donors (Lipinski definition) is 1. The zero-order chi connectivity index (χ0) is 23.0. The number of thiocarbonyl (C=S) groups is 1. The minimum Gasteiger partial charge on any atom is -0.545 e. The molecular weight excluding hydrogens is 496 g/mol. The first kappa shape index (κ1) is 21.7. The molecule has 2 aromatic carbocycles. The van der Waals surface area contributed by atoms with Crippen LogP contribution in [-0.2, 0) is 9.59 Å². The van der Waals surface area contributed by atoms with Gasteiger partial charge in [0.25, 0.3) is 11.8 Å². The van der Waals surface area contributed by atoms with E-state index in [4.69, 9.17) is 16.6 Å². The van der Waals surface area contributed by atoms with E-state index in [9.17, 15) is 19.5 Å². The van der Waals surface area contributed by atoms with Crippen LogP contribution in [0.1, 0.15) is 21.7 Å². The Labute approximate surface area is 196 Å². The Morgan fingerprint density at radius 3 is 2.62 bits per heavy atom. The number of carbonyl (C=O) groups excluding carboxylic acids is 3. The van der Waals surface area contributed by atoms with Gasteiger partial charge in [-0.15, -0.1) is 0 Å². The molecule has 7 nitrogen and oxygen atoms in total. The minimum atomic E-state index is -1.34. The number of anilines is 1. The summed E-state index contributed by atoms with van der Waals surface area (Å²) in [6.45, 7) is 1.82. The molecule has 0 atom stereocenters. The Bertz CT molecular complexity index is 1330. The van der Waals surface area contributed by atoms with Crippen molar-refractivity contribution in [3.05, 3.63) is 81.5 Å². The Hall–Kier alpha value is -3.56. The monoisotopic (exact) mass is 509 g/mol. The van der Waals surface area contributed by atoms with E-state index >= 15 is 0 Å². The van der Waals surface area contributed by atoms with Gasteiger partial charge in [0.05, 0.1) is 11.7 Å². The third-order valence-electron chi connectivity index (χ3n) is 4.83. The molecule has 160 valence electrons. The van der Waals surface area contributed by atoms with Crippen LogP contribution < -0.4 is 15.3 Å². The van der Waals surface area contributed by atoms with Crippen molar-refractivity contribution in [2.45, 2.75) is 6.92 Å². The van der Waals surface area contributed by atoms with Crippen LogP contribution in [-0.4, -0.2) is 22.9 Å². The largest absolute Gasteiger partial charge is 0.545 e. The number of aryl methyl sites for hydroxylation is 1. The molecular formula is C23H14BrN2O5S-. The van der Waals surface area contributed by atoms with E-state index in [0.717, 1.165) is 10.0 Å². The maximum Gasteiger partial charge on any atom is 0.270 e. The van der Waals surface area contributed by atoms with Crippen LogP contribution in [0.25, 0.3) is 17.4 Å². The first-order valence-corrected chi connectivity index (χ1v) is 10.5. The minimum absolute atomic E-state index is 0.0226. The summed E-state index contributed by atoms with van der Waals surface area (Å²) in [5.74, 6) is -2.13. The molecule has 1 aromatic heterocycles. The lowest BCUT2D eigenvalue weighted by Gasteiger charge is -2.29. The van der Waals surface area contributed by atoms with E-state index in [0.29, 0.717) is 11.3 Å². The van der Waals surface area contributed by atoms with Crippen molar-refractivity contribution in [3.8, 4) is 11.3 Å². The summed E-state index contributed by atoms with van der Waals surface area (Å²) in [7, 11) is 0. The zero-order valence-electron chi connectivity index (χ0n) is 16.5. The molecule has 0 unspecified atom stereocenters. The van der Waals surface area contributed by atoms with Crippen LogP contribution in [0.2, 0.25) is 0 Å². The van der Waals surface area contributed by atoms with Gasteiger partial charge in [-0.05, 0) is 61.1 Å². The summed E-state index contributed by atoms with van der Waals surface area (Å²) in [4.78, 5) is 38.3. The number of aromatic carboxylic acids is 1. The second-order valence-electron chi connectivity index (χ2n) is 6.92. The number of furan rings is 1. The molecule has 9 heteroatoms. The molecule has 0 spiro atoms. The van der Waals surface area contributed by atoms with Gasteiger partial charge in [0.1, 0.15) is 17.1 Å². The fraction of sp³-hybridized carbons (Fsp3) is 0.0435. The van der Waals surface area contributed by atoms with E-state index in [-0.39, 0.29) is 27.8 Å². The highest BCUT2D eigenvalue weighted by Crippen LogP contribution is 2.29. The molecule has 0 saturated carbocycles. The van der Waals surface area contributed by atoms with Gasteiger partial charge in [-0.3, -0.25) is 19.8 Å². The topological polar surface area (TPSA) is 103 Å². The van der Waals surface area contributed by atoms with Crippen molar-refractivity contribution >= 4 is 62.8 Å². The van der Waals surface area contributed by atoms with E-state index in [1.54, 1.807) is 36.4 Å². The fourth-order valence-electron chi connectivity index (χ4n) is 3.34. The number of amides is 2. The third-order valence-corrected chi connectivity index (χ3v) is 5.61. The van der Waals surface area contributed by atoms with Gasteiger partial charge in [-0.2, -0.15) is 0 Å². The molecule has 1 aliphatic rings. The lowest BCUT2D eigenvalue weighted by Crippen LogP contribution is -2.54. The van der Waals surface area contributed by atoms with Crippen LogP contribution in [0.3, 0.4) is 0 Å². The Kier molecular flexibility index (Phi) is 5.77. The fourth-order valence-corrected chi connectivity index (χ4v) is 4.09. The molecule has 1 N–H and O–H groups in total. The summed E-state index contributed by atoms with van der Waals surface area (Å²) in [5.41, 5.74) is 1.44. The number of carboxylic acid groups (broad SMARTS) is 1. The Balaban J connectivity index is 1.71. The highest BCUT2D eigenvalue weighted by atomic mass is 79.9. The average Bonchev–Trinajstić information content (AvgIpc) is 3.21. The number of benzene rings is 2. The van der Waals surface area contributed by atoms with Crippen LogP contribution in [0.4, 0.5) is 5.69 Å². The first-order valence-electron chi connectivity index (χ1n) is 9.34. The zero-order valence-corrected chi connectivity index (χ0v) is 19.0. The standard InChI is InChI=1S/C23H15BrN2O5S/c1-12-10-13(24)6-8-18(12)26-21(28)17(20(27)25-23(26)32)11-14-7-9-19(31-14)15-4-2-3-5-16(15)22(29)30/h2-11H,1H3,(H,29,30)(H,25,27,32)/p-1/b17-11-. The third kappa shape index (κ3) is 4.00. The Morgan fingerprint density at radius 1 is 1.16 bits per heavy atom. The van der Waals surface area contributed by atoms with Crippen LogP contribution in [0, 0.1) is 6.92 Å². The number of hydrogen-bond acceptors (Lipinski definition) is 6. The van der Waals surface area contributed by atoms with Crippen LogP contribution >= 0.6 is 28.1 Å². The van der Waals surface area contributed by atoms with E-state index in [2.05, 4.69) is 21.2 Å². The molecule has 2 amide bonds. The molecule has 1 aliphatic heterocycles. The predicted octanol–water partition coefficient (Wildman–Crippen LogP) is 3.21. The number of carbonyl (C=O) groups is 3. The van der Waals surface area contributed by atoms with Crippen molar-refractivity contribution in [2.24, 2.45) is 0 Å². The molecule has 1 fully saturated rings. The summed E-state index contributed by atoms with van der Waals surface area (Å²) in [6, 6.07) is 14.6. The smallest absolute Gasteiger partial charge is 0.270 e. The quantitative estimate of drug-likeness (QED) is 0.329. The van der Waals surface area contributed by atoms with Gasteiger partial charge in [0.15, 0.2) is 5.11 Å². The van der Waals surface area contributed by atoms with Crippen molar-refractivity contribution in [2.75, 3.05) is 4.90 Å². The molecule has 0 aliphatic carbocycles. The lowest BCUT2D eigenvalue weighted by molar-refractivity contribution is -0.255. The predicted molar refractivity (Wildman–Crippen MR) is 124 cm³/mol. The molecule has 32 heavy (non-hydrogen) atoms. The normalized spacial score (nSPS) is 15.2.